The first kappa shape index (κ1) is 30.7. The molecule has 9 heteroatoms. The van der Waals surface area contributed by atoms with Gasteiger partial charge in [0.05, 0.1) is 17.2 Å². The van der Waals surface area contributed by atoms with Crippen LogP contribution in [-0.4, -0.2) is 49.9 Å². The van der Waals surface area contributed by atoms with Crippen LogP contribution in [0, 0.1) is 6.92 Å². The van der Waals surface area contributed by atoms with Crippen molar-refractivity contribution in [3.05, 3.63) is 90.0 Å². The summed E-state index contributed by atoms with van der Waals surface area (Å²) in [6, 6.07) is 21.3. The van der Waals surface area contributed by atoms with Gasteiger partial charge in [0.2, 0.25) is 11.8 Å². The molecule has 1 N–H and O–H groups in total. The Kier molecular flexibility index (Phi) is 9.98. The summed E-state index contributed by atoms with van der Waals surface area (Å²) in [4.78, 5) is 28.6. The highest BCUT2D eigenvalue weighted by atomic mass is 32.2. The maximum atomic E-state index is 14.0. The minimum atomic E-state index is -4.12. The third-order valence-electron chi connectivity index (χ3n) is 6.18. The first-order valence-corrected chi connectivity index (χ1v) is 14.7. The van der Waals surface area contributed by atoms with E-state index in [2.05, 4.69) is 5.32 Å². The molecule has 0 saturated carbocycles. The molecule has 0 aliphatic heterocycles. The number of rotatable bonds is 11. The van der Waals surface area contributed by atoms with Crippen LogP contribution in [-0.2, 0) is 26.2 Å². The van der Waals surface area contributed by atoms with Gasteiger partial charge in [-0.25, -0.2) is 8.42 Å². The van der Waals surface area contributed by atoms with Crippen LogP contribution < -0.4 is 14.4 Å². The lowest BCUT2D eigenvalue weighted by atomic mass is 10.1. The molecule has 3 aromatic carbocycles. The van der Waals surface area contributed by atoms with Crippen LogP contribution in [0.15, 0.2) is 83.8 Å². The van der Waals surface area contributed by atoms with E-state index in [9.17, 15) is 18.0 Å². The van der Waals surface area contributed by atoms with Crippen molar-refractivity contribution in [3.63, 3.8) is 0 Å². The Balaban J connectivity index is 2.02. The minimum absolute atomic E-state index is 0.0558. The number of nitrogens with zero attached hydrogens (tertiary/aromatic N) is 2. The molecule has 3 aromatic rings. The summed E-state index contributed by atoms with van der Waals surface area (Å²) in [6.07, 6.45) is 0. The van der Waals surface area contributed by atoms with Crippen molar-refractivity contribution in [3.8, 4) is 5.75 Å². The fraction of sp³-hybridized carbons (Fsp3) is 0.355. The molecule has 0 bridgehead atoms. The number of carbonyl (C=O) groups is 2. The second kappa shape index (κ2) is 13.0. The lowest BCUT2D eigenvalue weighted by Gasteiger charge is -2.33. The maximum absolute atomic E-state index is 14.0. The zero-order valence-corrected chi connectivity index (χ0v) is 24.9. The van der Waals surface area contributed by atoms with Gasteiger partial charge in [0, 0.05) is 12.1 Å². The number of ether oxygens (including phenoxy) is 1. The zero-order chi connectivity index (χ0) is 29.5. The standard InChI is InChI=1S/C31H39N3O5S/c1-7-39-27-19-17-26(18-20-27)34(40(37,38)28-11-9-8-10-12-28)22-29(35)33(21-25-15-13-23(2)14-16-25)24(3)30(36)32-31(4,5)6/h8-20,24H,7,21-22H2,1-6H3,(H,32,36)/t24-/m1/s1. The molecule has 0 aliphatic carbocycles. The molecule has 40 heavy (non-hydrogen) atoms. The molecule has 0 heterocycles. The highest BCUT2D eigenvalue weighted by Crippen LogP contribution is 2.26. The van der Waals surface area contributed by atoms with Gasteiger partial charge in [-0.05, 0) is 83.5 Å². The van der Waals surface area contributed by atoms with Crippen LogP contribution in [0.1, 0.15) is 45.7 Å². The minimum Gasteiger partial charge on any atom is -0.494 e. The fourth-order valence-corrected chi connectivity index (χ4v) is 5.51. The molecule has 2 amide bonds. The maximum Gasteiger partial charge on any atom is 0.264 e. The summed E-state index contributed by atoms with van der Waals surface area (Å²) in [6.45, 7) is 11.2. The predicted octanol–water partition coefficient (Wildman–Crippen LogP) is 4.92. The second-order valence-electron chi connectivity index (χ2n) is 10.7. The highest BCUT2D eigenvalue weighted by Gasteiger charge is 2.33. The molecule has 0 aromatic heterocycles. The molecule has 214 valence electrons. The van der Waals surface area contributed by atoms with E-state index in [1.165, 1.54) is 17.0 Å². The van der Waals surface area contributed by atoms with E-state index in [-0.39, 0.29) is 17.3 Å². The number of hydrogen-bond acceptors (Lipinski definition) is 5. The molecular formula is C31H39N3O5S. The van der Waals surface area contributed by atoms with Gasteiger partial charge in [-0.15, -0.1) is 0 Å². The van der Waals surface area contributed by atoms with Crippen molar-refractivity contribution in [2.75, 3.05) is 17.5 Å². The Bertz CT molecular complexity index is 1380. The zero-order valence-electron chi connectivity index (χ0n) is 24.0. The van der Waals surface area contributed by atoms with Gasteiger partial charge in [-0.3, -0.25) is 13.9 Å². The van der Waals surface area contributed by atoms with Gasteiger partial charge in [-0.1, -0.05) is 48.0 Å². The number of amides is 2. The van der Waals surface area contributed by atoms with Crippen LogP contribution in [0.25, 0.3) is 0 Å². The van der Waals surface area contributed by atoms with Gasteiger partial charge >= 0.3 is 0 Å². The smallest absolute Gasteiger partial charge is 0.264 e. The van der Waals surface area contributed by atoms with Crippen LogP contribution >= 0.6 is 0 Å². The van der Waals surface area contributed by atoms with Gasteiger partial charge < -0.3 is 15.0 Å². The van der Waals surface area contributed by atoms with E-state index in [4.69, 9.17) is 4.74 Å². The summed E-state index contributed by atoms with van der Waals surface area (Å²) in [5.41, 5.74) is 1.70. The van der Waals surface area contributed by atoms with Gasteiger partial charge in [0.25, 0.3) is 10.0 Å². The summed E-state index contributed by atoms with van der Waals surface area (Å²) in [7, 11) is -4.12. The van der Waals surface area contributed by atoms with Crippen LogP contribution in [0.5, 0.6) is 5.75 Å². The monoisotopic (exact) mass is 565 g/mol. The van der Waals surface area contributed by atoms with E-state index >= 15 is 0 Å². The molecule has 8 nitrogen and oxygen atoms in total. The number of carbonyl (C=O) groups excluding carboxylic acids is 2. The van der Waals surface area contributed by atoms with Crippen molar-refractivity contribution in [1.82, 2.24) is 10.2 Å². The first-order chi connectivity index (χ1) is 18.8. The molecule has 0 saturated heterocycles. The average Bonchev–Trinajstić information content (AvgIpc) is 2.91. The van der Waals surface area contributed by atoms with Crippen molar-refractivity contribution < 1.29 is 22.7 Å². The van der Waals surface area contributed by atoms with E-state index in [0.717, 1.165) is 15.4 Å². The van der Waals surface area contributed by atoms with E-state index in [0.29, 0.717) is 18.0 Å². The highest BCUT2D eigenvalue weighted by molar-refractivity contribution is 7.92. The molecule has 1 atom stereocenters. The summed E-state index contributed by atoms with van der Waals surface area (Å²) in [5, 5.41) is 2.93. The second-order valence-corrected chi connectivity index (χ2v) is 12.5. The largest absolute Gasteiger partial charge is 0.494 e. The van der Waals surface area contributed by atoms with Crippen LogP contribution in [0.2, 0.25) is 0 Å². The Hall–Kier alpha value is -3.85. The first-order valence-electron chi connectivity index (χ1n) is 13.3. The Morgan fingerprint density at radius 2 is 1.52 bits per heavy atom. The van der Waals surface area contributed by atoms with E-state index in [1.807, 2.05) is 58.9 Å². The Morgan fingerprint density at radius 1 is 0.925 bits per heavy atom. The van der Waals surface area contributed by atoms with Crippen molar-refractivity contribution in [2.45, 2.75) is 64.6 Å². The molecule has 0 fully saturated rings. The topological polar surface area (TPSA) is 96.0 Å². The summed E-state index contributed by atoms with van der Waals surface area (Å²) in [5.74, 6) is -0.250. The number of hydrogen-bond donors (Lipinski definition) is 1. The number of nitrogens with one attached hydrogen (secondary N) is 1. The SMILES string of the molecule is CCOc1ccc(N(CC(=O)N(Cc2ccc(C)cc2)[C@H](C)C(=O)NC(C)(C)C)S(=O)(=O)c2ccccc2)cc1. The Morgan fingerprint density at radius 3 is 2.08 bits per heavy atom. The predicted molar refractivity (Wildman–Crippen MR) is 158 cm³/mol. The number of benzene rings is 3. The molecule has 0 radical (unpaired) electrons. The lowest BCUT2D eigenvalue weighted by Crippen LogP contribution is -2.54. The number of aryl methyl sites for hydroxylation is 1. The molecular weight excluding hydrogens is 526 g/mol. The van der Waals surface area contributed by atoms with Crippen LogP contribution in [0.3, 0.4) is 0 Å². The molecule has 0 spiro atoms. The quantitative estimate of drug-likeness (QED) is 0.356. The lowest BCUT2D eigenvalue weighted by molar-refractivity contribution is -0.140. The van der Waals surface area contributed by atoms with Crippen molar-refractivity contribution in [1.29, 1.82) is 0 Å². The van der Waals surface area contributed by atoms with Crippen molar-refractivity contribution in [2.24, 2.45) is 0 Å². The third kappa shape index (κ3) is 8.08. The molecule has 3 rings (SSSR count). The Labute approximate surface area is 238 Å². The molecule has 0 aliphatic rings. The molecule has 0 unspecified atom stereocenters. The number of anilines is 1. The summed E-state index contributed by atoms with van der Waals surface area (Å²) < 4.78 is 34.3. The fourth-order valence-electron chi connectivity index (χ4n) is 4.07. The number of sulfonamides is 1. The van der Waals surface area contributed by atoms with E-state index in [1.54, 1.807) is 49.4 Å². The average molecular weight is 566 g/mol. The third-order valence-corrected chi connectivity index (χ3v) is 7.97. The normalized spacial score (nSPS) is 12.3. The van der Waals surface area contributed by atoms with Gasteiger partial charge in [0.1, 0.15) is 18.3 Å². The summed E-state index contributed by atoms with van der Waals surface area (Å²) >= 11 is 0. The van der Waals surface area contributed by atoms with Crippen molar-refractivity contribution >= 4 is 27.5 Å². The van der Waals surface area contributed by atoms with Gasteiger partial charge in [0.15, 0.2) is 0 Å². The van der Waals surface area contributed by atoms with Gasteiger partial charge in [-0.2, -0.15) is 0 Å². The van der Waals surface area contributed by atoms with Crippen LogP contribution in [0.4, 0.5) is 5.69 Å². The van der Waals surface area contributed by atoms with E-state index < -0.39 is 34.1 Å².